The zero-order chi connectivity index (χ0) is 23.1. The van der Waals surface area contributed by atoms with Crippen molar-refractivity contribution < 1.29 is 23.9 Å². The average Bonchev–Trinajstić information content (AvgIpc) is 3.27. The molecule has 0 radical (unpaired) electrons. The van der Waals surface area contributed by atoms with Crippen molar-refractivity contribution in [1.82, 2.24) is 20.2 Å². The van der Waals surface area contributed by atoms with E-state index < -0.39 is 16.8 Å². The minimum atomic E-state index is -0.669. The van der Waals surface area contributed by atoms with Crippen LogP contribution in [0.4, 0.5) is 5.95 Å². The molecule has 2 aromatic carbocycles. The van der Waals surface area contributed by atoms with Crippen LogP contribution in [0, 0.1) is 10.1 Å². The second-order valence-electron chi connectivity index (χ2n) is 6.34. The van der Waals surface area contributed by atoms with Crippen LogP contribution in [-0.2, 0) is 6.54 Å². The van der Waals surface area contributed by atoms with Crippen LogP contribution >= 0.6 is 0 Å². The molecule has 0 unspecified atom stereocenters. The van der Waals surface area contributed by atoms with Crippen LogP contribution in [0.15, 0.2) is 47.8 Å². The summed E-state index contributed by atoms with van der Waals surface area (Å²) in [4.78, 5) is 26.1. The van der Waals surface area contributed by atoms with Gasteiger partial charge in [-0.1, -0.05) is 4.98 Å². The number of amides is 1. The lowest BCUT2D eigenvalue weighted by molar-refractivity contribution is -0.394. The maximum absolute atomic E-state index is 12.4. The van der Waals surface area contributed by atoms with Gasteiger partial charge in [-0.25, -0.2) is 5.43 Å². The van der Waals surface area contributed by atoms with Crippen LogP contribution in [0.1, 0.15) is 21.5 Å². The van der Waals surface area contributed by atoms with Crippen molar-refractivity contribution in [3.63, 3.8) is 0 Å². The second kappa shape index (κ2) is 10.0. The molecule has 0 aliphatic heterocycles. The van der Waals surface area contributed by atoms with Gasteiger partial charge in [-0.2, -0.15) is 9.78 Å². The Labute approximate surface area is 182 Å². The van der Waals surface area contributed by atoms with Crippen LogP contribution in [0.2, 0.25) is 0 Å². The van der Waals surface area contributed by atoms with Crippen LogP contribution in [0.25, 0.3) is 0 Å². The largest absolute Gasteiger partial charge is 0.496 e. The topological polar surface area (TPSA) is 143 Å². The summed E-state index contributed by atoms with van der Waals surface area (Å²) in [6.07, 6.45) is 2.73. The van der Waals surface area contributed by atoms with Crippen molar-refractivity contribution in [2.75, 3.05) is 21.3 Å². The van der Waals surface area contributed by atoms with Gasteiger partial charge in [0, 0.05) is 16.2 Å². The number of ether oxygens (including phenoxy) is 3. The predicted octanol–water partition coefficient (Wildman–Crippen LogP) is 2.02. The third kappa shape index (κ3) is 5.16. The molecule has 0 saturated carbocycles. The Hall–Kier alpha value is -4.48. The van der Waals surface area contributed by atoms with Gasteiger partial charge in [0.1, 0.15) is 5.75 Å². The monoisotopic (exact) mass is 440 g/mol. The minimum absolute atomic E-state index is 0.198. The molecule has 1 amide bonds. The Morgan fingerprint density at radius 3 is 2.50 bits per heavy atom. The summed E-state index contributed by atoms with van der Waals surface area (Å²) in [5.41, 5.74) is 4.17. The van der Waals surface area contributed by atoms with E-state index in [4.69, 9.17) is 14.2 Å². The fourth-order valence-electron chi connectivity index (χ4n) is 2.83. The summed E-state index contributed by atoms with van der Waals surface area (Å²) in [5.74, 6) is 0.591. The number of hydrazone groups is 1. The van der Waals surface area contributed by atoms with E-state index >= 15 is 0 Å². The third-order valence-electron chi connectivity index (χ3n) is 4.35. The zero-order valence-corrected chi connectivity index (χ0v) is 17.5. The first-order valence-corrected chi connectivity index (χ1v) is 9.21. The van der Waals surface area contributed by atoms with Gasteiger partial charge in [0.15, 0.2) is 11.5 Å². The second-order valence-corrected chi connectivity index (χ2v) is 6.34. The Kier molecular flexibility index (Phi) is 6.95. The number of aromatic nitrogens is 3. The summed E-state index contributed by atoms with van der Waals surface area (Å²) in [5, 5.41) is 18.5. The van der Waals surface area contributed by atoms with Gasteiger partial charge in [-0.3, -0.25) is 4.79 Å². The minimum Gasteiger partial charge on any atom is -0.496 e. The van der Waals surface area contributed by atoms with Crippen molar-refractivity contribution in [3.05, 3.63) is 69.5 Å². The molecule has 3 rings (SSSR count). The summed E-state index contributed by atoms with van der Waals surface area (Å²) in [7, 11) is 4.51. The SMILES string of the molecule is COc1ccc(/C=N/NC(=O)c2ccc(OC)c(OC)c2)cc1Cn1cnc([N+](=O)[O-])n1. The van der Waals surface area contributed by atoms with Gasteiger partial charge in [-0.15, -0.1) is 0 Å². The van der Waals surface area contributed by atoms with E-state index in [1.54, 1.807) is 36.4 Å². The lowest BCUT2D eigenvalue weighted by Crippen LogP contribution is -2.17. The van der Waals surface area contributed by atoms with Crippen LogP contribution < -0.4 is 19.6 Å². The maximum atomic E-state index is 12.4. The highest BCUT2D eigenvalue weighted by molar-refractivity contribution is 5.95. The van der Waals surface area contributed by atoms with Crippen LogP contribution in [0.3, 0.4) is 0 Å². The number of carbonyl (C=O) groups is 1. The molecule has 1 aromatic heterocycles. The van der Waals surface area contributed by atoms with E-state index in [9.17, 15) is 14.9 Å². The molecule has 1 heterocycles. The average molecular weight is 440 g/mol. The van der Waals surface area contributed by atoms with Gasteiger partial charge in [-0.05, 0) is 46.9 Å². The molecule has 1 N–H and O–H groups in total. The molecule has 0 aliphatic rings. The number of hydrogen-bond acceptors (Lipinski definition) is 9. The highest BCUT2D eigenvalue weighted by Gasteiger charge is 2.15. The first kappa shape index (κ1) is 22.2. The predicted molar refractivity (Wildman–Crippen MR) is 113 cm³/mol. The highest BCUT2D eigenvalue weighted by atomic mass is 16.6. The molecule has 0 saturated heterocycles. The molecule has 12 nitrogen and oxygen atoms in total. The van der Waals surface area contributed by atoms with Crippen molar-refractivity contribution in [3.8, 4) is 17.2 Å². The Bertz CT molecular complexity index is 1160. The molecule has 0 atom stereocenters. The number of carbonyl (C=O) groups excluding carboxylic acids is 1. The van der Waals surface area contributed by atoms with Crippen molar-refractivity contribution >= 4 is 18.1 Å². The van der Waals surface area contributed by atoms with E-state index in [0.717, 1.165) is 0 Å². The molecular weight excluding hydrogens is 420 g/mol. The number of benzene rings is 2. The third-order valence-corrected chi connectivity index (χ3v) is 4.35. The summed E-state index contributed by atoms with van der Waals surface area (Å²) >= 11 is 0. The molecule has 166 valence electrons. The zero-order valence-electron chi connectivity index (χ0n) is 17.5. The molecule has 0 bridgehead atoms. The quantitative estimate of drug-likeness (QED) is 0.302. The van der Waals surface area contributed by atoms with Gasteiger partial charge >= 0.3 is 5.95 Å². The fourth-order valence-corrected chi connectivity index (χ4v) is 2.83. The molecule has 32 heavy (non-hydrogen) atoms. The number of nitro groups is 1. The Balaban J connectivity index is 1.72. The van der Waals surface area contributed by atoms with E-state index in [1.807, 2.05) is 0 Å². The summed E-state index contributed by atoms with van der Waals surface area (Å²) < 4.78 is 17.0. The molecule has 0 aliphatic carbocycles. The van der Waals surface area contributed by atoms with Gasteiger partial charge in [0.05, 0.1) is 34.1 Å². The maximum Gasteiger partial charge on any atom is 0.490 e. The Morgan fingerprint density at radius 1 is 1.12 bits per heavy atom. The fraction of sp³-hybridized carbons (Fsp3) is 0.200. The number of nitrogens with zero attached hydrogens (tertiary/aromatic N) is 5. The van der Waals surface area contributed by atoms with Crippen molar-refractivity contribution in [2.45, 2.75) is 6.54 Å². The number of hydrogen-bond donors (Lipinski definition) is 1. The highest BCUT2D eigenvalue weighted by Crippen LogP contribution is 2.27. The van der Waals surface area contributed by atoms with E-state index in [2.05, 4.69) is 20.6 Å². The van der Waals surface area contributed by atoms with Gasteiger partial charge in [0.2, 0.25) is 6.33 Å². The van der Waals surface area contributed by atoms with E-state index in [-0.39, 0.29) is 6.54 Å². The standard InChI is InChI=1S/C20H20N6O6/c1-30-16-6-4-13(8-15(16)11-25-12-21-20(24-25)26(28)29)10-22-23-19(27)14-5-7-17(31-2)18(9-14)32-3/h4-10,12H,11H2,1-3H3,(H,23,27)/b22-10+. The summed E-state index contributed by atoms with van der Waals surface area (Å²) in [6, 6.07) is 10.00. The number of rotatable bonds is 9. The smallest absolute Gasteiger partial charge is 0.490 e. The molecule has 0 spiro atoms. The normalized spacial score (nSPS) is 10.7. The molecule has 0 fully saturated rings. The summed E-state index contributed by atoms with van der Waals surface area (Å²) in [6.45, 7) is 0.198. The van der Waals surface area contributed by atoms with Gasteiger partial charge in [0.25, 0.3) is 5.91 Å². The first-order valence-electron chi connectivity index (χ1n) is 9.21. The molecular formula is C20H20N6O6. The van der Waals surface area contributed by atoms with Crippen LogP contribution in [-0.4, -0.2) is 53.1 Å². The molecule has 3 aromatic rings. The Morgan fingerprint density at radius 2 is 1.84 bits per heavy atom. The van der Waals surface area contributed by atoms with Gasteiger partial charge < -0.3 is 24.3 Å². The van der Waals surface area contributed by atoms with E-state index in [0.29, 0.717) is 33.9 Å². The number of nitrogens with one attached hydrogen (secondary N) is 1. The molecule has 12 heteroatoms. The van der Waals surface area contributed by atoms with Crippen LogP contribution in [0.5, 0.6) is 17.2 Å². The lowest BCUT2D eigenvalue weighted by Gasteiger charge is -2.09. The lowest BCUT2D eigenvalue weighted by atomic mass is 10.1. The first-order chi connectivity index (χ1) is 15.4. The number of methoxy groups -OCH3 is 3. The van der Waals surface area contributed by atoms with Crippen molar-refractivity contribution in [1.29, 1.82) is 0 Å². The van der Waals surface area contributed by atoms with Crippen molar-refractivity contribution in [2.24, 2.45) is 5.10 Å². The van der Waals surface area contributed by atoms with E-state index in [1.165, 1.54) is 38.6 Å².